The van der Waals surface area contributed by atoms with Crippen LogP contribution in [0.25, 0.3) is 0 Å². The van der Waals surface area contributed by atoms with Crippen LogP contribution in [0, 0.1) is 6.92 Å². The molecule has 2 aliphatic rings. The van der Waals surface area contributed by atoms with Crippen molar-refractivity contribution in [1.29, 1.82) is 0 Å². The number of carbonyl (C=O) groups is 2. The van der Waals surface area contributed by atoms with Crippen molar-refractivity contribution in [3.05, 3.63) is 59.7 Å². The van der Waals surface area contributed by atoms with Crippen molar-refractivity contribution in [2.45, 2.75) is 18.2 Å². The maximum Gasteiger partial charge on any atom is 0.266 e. The number of benzene rings is 2. The number of rotatable bonds is 1. The molecular weight excluding hydrogens is 308 g/mol. The summed E-state index contributed by atoms with van der Waals surface area (Å²) in [5.74, 6) is 0.486. The van der Waals surface area contributed by atoms with Gasteiger partial charge in [-0.05, 0) is 25.1 Å². The second kappa shape index (κ2) is 5.13. The number of thioether (sulfide) groups is 1. The number of amides is 2. The van der Waals surface area contributed by atoms with Crippen LogP contribution >= 0.6 is 11.8 Å². The molecule has 2 heterocycles. The summed E-state index contributed by atoms with van der Waals surface area (Å²) in [5, 5.41) is 2.94. The Morgan fingerprint density at radius 1 is 1.09 bits per heavy atom. The quantitative estimate of drug-likeness (QED) is 0.876. The van der Waals surface area contributed by atoms with Crippen molar-refractivity contribution in [3.63, 3.8) is 0 Å². The van der Waals surface area contributed by atoms with E-state index in [1.807, 2.05) is 55.5 Å². The molecule has 1 spiro atoms. The molecule has 23 heavy (non-hydrogen) atoms. The summed E-state index contributed by atoms with van der Waals surface area (Å²) in [6, 6.07) is 15.4. The second-order valence-corrected chi connectivity index (χ2v) is 7.09. The number of hydrogen-bond donors (Lipinski definition) is 1. The minimum Gasteiger partial charge on any atom is -0.323 e. The molecule has 0 saturated carbocycles. The first-order valence-electron chi connectivity index (χ1n) is 7.57. The zero-order valence-electron chi connectivity index (χ0n) is 12.7. The van der Waals surface area contributed by atoms with Crippen LogP contribution in [-0.4, -0.2) is 17.6 Å². The Morgan fingerprint density at radius 3 is 2.61 bits per heavy atom. The highest BCUT2D eigenvalue weighted by molar-refractivity contribution is 8.01. The summed E-state index contributed by atoms with van der Waals surface area (Å²) in [4.78, 5) is 26.3. The molecule has 2 aromatic rings. The molecular formula is C18H16N2O2S. The topological polar surface area (TPSA) is 49.4 Å². The highest BCUT2D eigenvalue weighted by Gasteiger charge is 2.56. The minimum absolute atomic E-state index is 0.0144. The van der Waals surface area contributed by atoms with Crippen molar-refractivity contribution in [1.82, 2.24) is 0 Å². The average Bonchev–Trinajstić information content (AvgIpc) is 2.82. The molecule has 2 aromatic carbocycles. The lowest BCUT2D eigenvalue weighted by Gasteiger charge is -2.42. The van der Waals surface area contributed by atoms with Crippen LogP contribution in [0.1, 0.15) is 17.5 Å². The van der Waals surface area contributed by atoms with E-state index in [1.165, 1.54) is 11.8 Å². The third-order valence-corrected chi connectivity index (χ3v) is 5.75. The van der Waals surface area contributed by atoms with E-state index in [4.69, 9.17) is 0 Å². The number of aryl methyl sites for hydroxylation is 1. The van der Waals surface area contributed by atoms with E-state index in [0.29, 0.717) is 12.2 Å². The number of nitrogens with one attached hydrogen (secondary N) is 1. The lowest BCUT2D eigenvalue weighted by Crippen LogP contribution is -2.54. The lowest BCUT2D eigenvalue weighted by molar-refractivity contribution is -0.124. The highest BCUT2D eigenvalue weighted by atomic mass is 32.2. The number of hydrogen-bond acceptors (Lipinski definition) is 3. The maximum atomic E-state index is 12.9. The Hall–Kier alpha value is -2.27. The fourth-order valence-electron chi connectivity index (χ4n) is 3.24. The molecule has 0 aliphatic carbocycles. The van der Waals surface area contributed by atoms with Crippen LogP contribution in [0.3, 0.4) is 0 Å². The molecule has 116 valence electrons. The van der Waals surface area contributed by atoms with Crippen LogP contribution in [0.2, 0.25) is 0 Å². The lowest BCUT2D eigenvalue weighted by atomic mass is 10.0. The summed E-state index contributed by atoms with van der Waals surface area (Å²) >= 11 is 1.53. The first-order valence-corrected chi connectivity index (χ1v) is 8.56. The molecule has 5 heteroatoms. The van der Waals surface area contributed by atoms with Gasteiger partial charge in [0.1, 0.15) is 0 Å². The number of fused-ring (bicyclic) bond motifs is 2. The standard InChI is InChI=1S/C18H16N2O2S/c1-12-6-8-13(9-7-12)20-16(21)10-11-23-18(20)14-4-2-3-5-15(14)19-17(18)22/h2-9H,10-11H2,1H3,(H,19,22)/t18-/m1/s1. The van der Waals surface area contributed by atoms with E-state index >= 15 is 0 Å². The van der Waals surface area contributed by atoms with E-state index in [9.17, 15) is 9.59 Å². The summed E-state index contributed by atoms with van der Waals surface area (Å²) in [6.07, 6.45) is 0.440. The van der Waals surface area contributed by atoms with E-state index < -0.39 is 4.87 Å². The van der Waals surface area contributed by atoms with E-state index in [-0.39, 0.29) is 11.8 Å². The largest absolute Gasteiger partial charge is 0.323 e. The van der Waals surface area contributed by atoms with Crippen molar-refractivity contribution in [3.8, 4) is 0 Å². The van der Waals surface area contributed by atoms with Crippen LogP contribution in [0.15, 0.2) is 48.5 Å². The van der Waals surface area contributed by atoms with Crippen LogP contribution in [0.5, 0.6) is 0 Å². The molecule has 0 unspecified atom stereocenters. The first-order chi connectivity index (χ1) is 11.1. The molecule has 1 N–H and O–H groups in total. The van der Waals surface area contributed by atoms with E-state index in [0.717, 1.165) is 22.5 Å². The minimum atomic E-state index is -0.999. The van der Waals surface area contributed by atoms with Gasteiger partial charge in [-0.1, -0.05) is 35.9 Å². The van der Waals surface area contributed by atoms with Crippen molar-refractivity contribution in [2.75, 3.05) is 16.0 Å². The smallest absolute Gasteiger partial charge is 0.266 e. The molecule has 0 bridgehead atoms. The molecule has 4 nitrogen and oxygen atoms in total. The zero-order valence-corrected chi connectivity index (χ0v) is 13.5. The summed E-state index contributed by atoms with van der Waals surface area (Å²) in [5.41, 5.74) is 3.54. The van der Waals surface area contributed by atoms with Gasteiger partial charge < -0.3 is 5.32 Å². The Labute approximate surface area is 138 Å². The normalized spacial score (nSPS) is 23.1. The summed E-state index contributed by atoms with van der Waals surface area (Å²) in [6.45, 7) is 2.00. The Kier molecular flexibility index (Phi) is 3.20. The predicted molar refractivity (Wildman–Crippen MR) is 92.5 cm³/mol. The fraction of sp³-hybridized carbons (Fsp3) is 0.222. The van der Waals surface area contributed by atoms with Gasteiger partial charge in [-0.25, -0.2) is 0 Å². The van der Waals surface area contributed by atoms with Gasteiger partial charge in [0.15, 0.2) is 0 Å². The van der Waals surface area contributed by atoms with Gasteiger partial charge in [-0.15, -0.1) is 11.8 Å². The highest BCUT2D eigenvalue weighted by Crippen LogP contribution is 2.52. The van der Waals surface area contributed by atoms with Crippen molar-refractivity contribution in [2.24, 2.45) is 0 Å². The average molecular weight is 324 g/mol. The Balaban J connectivity index is 1.93. The number of carbonyl (C=O) groups excluding carboxylic acids is 2. The van der Waals surface area contributed by atoms with Crippen molar-refractivity contribution >= 4 is 35.0 Å². The molecule has 2 aliphatic heterocycles. The molecule has 4 rings (SSSR count). The monoisotopic (exact) mass is 324 g/mol. The van der Waals surface area contributed by atoms with Crippen molar-refractivity contribution < 1.29 is 9.59 Å². The molecule has 1 fully saturated rings. The summed E-state index contributed by atoms with van der Waals surface area (Å²) < 4.78 is 0. The molecule has 2 amide bonds. The van der Waals surface area contributed by atoms with Gasteiger partial charge in [-0.3, -0.25) is 14.5 Å². The van der Waals surface area contributed by atoms with Gasteiger partial charge in [-0.2, -0.15) is 0 Å². The SMILES string of the molecule is Cc1ccc(N2C(=O)CCS[C@]23C(=O)Nc2ccccc23)cc1. The van der Waals surface area contributed by atoms with Gasteiger partial charge in [0.25, 0.3) is 5.91 Å². The Morgan fingerprint density at radius 2 is 1.83 bits per heavy atom. The molecule has 0 aromatic heterocycles. The van der Waals surface area contributed by atoms with Crippen LogP contribution in [0.4, 0.5) is 11.4 Å². The third kappa shape index (κ3) is 2.00. The first kappa shape index (κ1) is 14.3. The van der Waals surface area contributed by atoms with E-state index in [2.05, 4.69) is 5.32 Å². The van der Waals surface area contributed by atoms with Gasteiger partial charge in [0.2, 0.25) is 10.8 Å². The van der Waals surface area contributed by atoms with Gasteiger partial charge in [0, 0.05) is 29.1 Å². The zero-order chi connectivity index (χ0) is 16.0. The maximum absolute atomic E-state index is 12.9. The number of nitrogens with zero attached hydrogens (tertiary/aromatic N) is 1. The number of para-hydroxylation sites is 1. The molecule has 0 radical (unpaired) electrons. The van der Waals surface area contributed by atoms with E-state index in [1.54, 1.807) is 4.90 Å². The second-order valence-electron chi connectivity index (χ2n) is 5.81. The van der Waals surface area contributed by atoms with Gasteiger partial charge >= 0.3 is 0 Å². The third-order valence-electron chi connectivity index (χ3n) is 4.33. The van der Waals surface area contributed by atoms with Crippen LogP contribution in [-0.2, 0) is 14.5 Å². The van der Waals surface area contributed by atoms with Gasteiger partial charge in [0.05, 0.1) is 0 Å². The summed E-state index contributed by atoms with van der Waals surface area (Å²) in [7, 11) is 0. The van der Waals surface area contributed by atoms with Crippen LogP contribution < -0.4 is 10.2 Å². The fourth-order valence-corrected chi connectivity index (χ4v) is 4.66. The molecule has 1 saturated heterocycles. The Bertz CT molecular complexity index is 803. The predicted octanol–water partition coefficient (Wildman–Crippen LogP) is 3.27. The molecule has 1 atom stereocenters. The number of anilines is 2.